The third-order valence-corrected chi connectivity index (χ3v) is 5.04. The van der Waals surface area contributed by atoms with Crippen molar-refractivity contribution in [3.05, 3.63) is 58.1 Å². The van der Waals surface area contributed by atoms with Crippen LogP contribution in [0.1, 0.15) is 17.3 Å². The first kappa shape index (κ1) is 18.1. The number of carbonyl (C=O) groups excluding carboxylic acids is 1. The molecule has 4 nitrogen and oxygen atoms in total. The fourth-order valence-corrected chi connectivity index (χ4v) is 3.52. The fourth-order valence-electron chi connectivity index (χ4n) is 3.02. The molecule has 1 fully saturated rings. The van der Waals surface area contributed by atoms with Crippen molar-refractivity contribution in [3.8, 4) is 0 Å². The second kappa shape index (κ2) is 8.09. The summed E-state index contributed by atoms with van der Waals surface area (Å²) in [5.74, 6) is -0.235. The number of hydrogen-bond donors (Lipinski definition) is 1. The molecule has 1 aliphatic rings. The molecule has 0 bridgehead atoms. The molecule has 0 unspecified atom stereocenters. The van der Waals surface area contributed by atoms with Crippen LogP contribution in [0.2, 0.25) is 10.0 Å². The molecule has 1 heterocycles. The van der Waals surface area contributed by atoms with Gasteiger partial charge in [-0.05, 0) is 36.9 Å². The van der Waals surface area contributed by atoms with Gasteiger partial charge >= 0.3 is 0 Å². The zero-order valence-corrected chi connectivity index (χ0v) is 15.6. The lowest BCUT2D eigenvalue weighted by Gasteiger charge is -2.36. The van der Waals surface area contributed by atoms with Crippen molar-refractivity contribution >= 4 is 40.5 Å². The number of hydrogen-bond acceptors (Lipinski definition) is 3. The van der Waals surface area contributed by atoms with E-state index in [0.29, 0.717) is 15.6 Å². The Morgan fingerprint density at radius 1 is 1.08 bits per heavy atom. The van der Waals surface area contributed by atoms with Crippen molar-refractivity contribution in [1.82, 2.24) is 4.90 Å². The smallest absolute Gasteiger partial charge is 0.257 e. The minimum absolute atomic E-state index is 0.235. The molecular formula is C19H21Cl2N3O. The van der Waals surface area contributed by atoms with Crippen LogP contribution < -0.4 is 10.2 Å². The van der Waals surface area contributed by atoms with Gasteiger partial charge in [0.2, 0.25) is 0 Å². The van der Waals surface area contributed by atoms with E-state index in [9.17, 15) is 4.79 Å². The van der Waals surface area contributed by atoms with Gasteiger partial charge < -0.3 is 15.1 Å². The van der Waals surface area contributed by atoms with Gasteiger partial charge in [0.15, 0.2) is 0 Å². The minimum atomic E-state index is -0.235. The highest BCUT2D eigenvalue weighted by Crippen LogP contribution is 2.28. The lowest BCUT2D eigenvalue weighted by molar-refractivity contribution is 0.102. The molecule has 6 heteroatoms. The molecule has 0 saturated carbocycles. The number of para-hydroxylation sites is 2. The quantitative estimate of drug-likeness (QED) is 0.857. The molecule has 3 rings (SSSR count). The average molecular weight is 378 g/mol. The third kappa shape index (κ3) is 4.27. The molecule has 1 aliphatic heterocycles. The average Bonchev–Trinajstić information content (AvgIpc) is 2.62. The molecule has 1 N–H and O–H groups in total. The first-order valence-corrected chi connectivity index (χ1v) is 9.17. The zero-order chi connectivity index (χ0) is 17.8. The van der Waals surface area contributed by atoms with E-state index >= 15 is 0 Å². The second-order valence-electron chi connectivity index (χ2n) is 6.02. The van der Waals surface area contributed by atoms with Gasteiger partial charge in [0, 0.05) is 31.2 Å². The summed E-state index contributed by atoms with van der Waals surface area (Å²) in [6.07, 6.45) is 0. The lowest BCUT2D eigenvalue weighted by atomic mass is 10.1. The van der Waals surface area contributed by atoms with Gasteiger partial charge in [-0.2, -0.15) is 0 Å². The zero-order valence-electron chi connectivity index (χ0n) is 14.1. The van der Waals surface area contributed by atoms with E-state index in [2.05, 4.69) is 22.0 Å². The van der Waals surface area contributed by atoms with Gasteiger partial charge in [-0.15, -0.1) is 0 Å². The summed E-state index contributed by atoms with van der Waals surface area (Å²) < 4.78 is 0. The first-order chi connectivity index (χ1) is 12.1. The molecule has 2 aromatic carbocycles. The Hall–Kier alpha value is -1.75. The third-order valence-electron chi connectivity index (χ3n) is 4.49. The van der Waals surface area contributed by atoms with Crippen LogP contribution in [-0.4, -0.2) is 43.5 Å². The summed E-state index contributed by atoms with van der Waals surface area (Å²) >= 11 is 12.1. The molecule has 2 aromatic rings. The Morgan fingerprint density at radius 3 is 2.48 bits per heavy atom. The highest BCUT2D eigenvalue weighted by Gasteiger charge is 2.19. The SMILES string of the molecule is CCN1CCN(c2ccccc2NC(=O)c2ccc(Cl)cc2Cl)CC1. The van der Waals surface area contributed by atoms with Gasteiger partial charge in [-0.25, -0.2) is 0 Å². The molecule has 0 spiro atoms. The van der Waals surface area contributed by atoms with Crippen LogP contribution in [0.3, 0.4) is 0 Å². The molecule has 25 heavy (non-hydrogen) atoms. The van der Waals surface area contributed by atoms with Crippen molar-refractivity contribution in [3.63, 3.8) is 0 Å². The monoisotopic (exact) mass is 377 g/mol. The molecule has 1 amide bonds. The Morgan fingerprint density at radius 2 is 1.80 bits per heavy atom. The lowest BCUT2D eigenvalue weighted by Crippen LogP contribution is -2.46. The second-order valence-corrected chi connectivity index (χ2v) is 6.86. The van der Waals surface area contributed by atoms with E-state index in [4.69, 9.17) is 23.2 Å². The predicted molar refractivity (Wildman–Crippen MR) is 105 cm³/mol. The Balaban J connectivity index is 1.78. The van der Waals surface area contributed by atoms with Crippen LogP contribution in [0.25, 0.3) is 0 Å². The van der Waals surface area contributed by atoms with E-state index in [1.807, 2.05) is 24.3 Å². The van der Waals surface area contributed by atoms with Crippen LogP contribution in [0.15, 0.2) is 42.5 Å². The fraction of sp³-hybridized carbons (Fsp3) is 0.316. The van der Waals surface area contributed by atoms with E-state index in [-0.39, 0.29) is 5.91 Å². The maximum atomic E-state index is 12.6. The highest BCUT2D eigenvalue weighted by molar-refractivity contribution is 6.37. The molecule has 0 aromatic heterocycles. The van der Waals surface area contributed by atoms with E-state index in [1.54, 1.807) is 18.2 Å². The topological polar surface area (TPSA) is 35.6 Å². The van der Waals surface area contributed by atoms with E-state index < -0.39 is 0 Å². The van der Waals surface area contributed by atoms with Crippen molar-refractivity contribution in [2.45, 2.75) is 6.92 Å². The standard InChI is InChI=1S/C19H21Cl2N3O/c1-2-23-9-11-24(12-10-23)18-6-4-3-5-17(18)22-19(25)15-8-7-14(20)13-16(15)21/h3-8,13H,2,9-12H2,1H3,(H,22,25). The maximum absolute atomic E-state index is 12.6. The van der Waals surface area contributed by atoms with Gasteiger partial charge in [-0.3, -0.25) is 4.79 Å². The summed E-state index contributed by atoms with van der Waals surface area (Å²) in [7, 11) is 0. The Bertz CT molecular complexity index is 758. The Kier molecular flexibility index (Phi) is 5.84. The number of piperazine rings is 1. The number of amides is 1. The van der Waals surface area contributed by atoms with Gasteiger partial charge in [0.1, 0.15) is 0 Å². The van der Waals surface area contributed by atoms with Crippen molar-refractivity contribution in [2.75, 3.05) is 42.9 Å². The predicted octanol–water partition coefficient (Wildman–Crippen LogP) is 4.39. The van der Waals surface area contributed by atoms with Crippen LogP contribution in [-0.2, 0) is 0 Å². The summed E-state index contributed by atoms with van der Waals surface area (Å²) in [5, 5.41) is 3.84. The number of rotatable bonds is 4. The van der Waals surface area contributed by atoms with Gasteiger partial charge in [0.05, 0.1) is 22.0 Å². The van der Waals surface area contributed by atoms with E-state index in [0.717, 1.165) is 44.1 Å². The van der Waals surface area contributed by atoms with Crippen molar-refractivity contribution in [1.29, 1.82) is 0 Å². The molecule has 0 aliphatic carbocycles. The maximum Gasteiger partial charge on any atom is 0.257 e. The van der Waals surface area contributed by atoms with Gasteiger partial charge in [0.25, 0.3) is 5.91 Å². The van der Waals surface area contributed by atoms with Crippen LogP contribution in [0.4, 0.5) is 11.4 Å². The largest absolute Gasteiger partial charge is 0.367 e. The van der Waals surface area contributed by atoms with Crippen LogP contribution >= 0.6 is 23.2 Å². The normalized spacial score (nSPS) is 15.2. The van der Waals surface area contributed by atoms with Gasteiger partial charge in [-0.1, -0.05) is 42.3 Å². The number of nitrogens with one attached hydrogen (secondary N) is 1. The number of halogens is 2. The van der Waals surface area contributed by atoms with Crippen molar-refractivity contribution in [2.24, 2.45) is 0 Å². The molecule has 132 valence electrons. The summed E-state index contributed by atoms with van der Waals surface area (Å²) in [5.41, 5.74) is 2.25. The molecule has 0 radical (unpaired) electrons. The molecule has 0 atom stereocenters. The minimum Gasteiger partial charge on any atom is -0.367 e. The highest BCUT2D eigenvalue weighted by atomic mass is 35.5. The van der Waals surface area contributed by atoms with E-state index in [1.165, 1.54) is 0 Å². The number of likely N-dealkylation sites (N-methyl/N-ethyl adjacent to an activating group) is 1. The summed E-state index contributed by atoms with van der Waals surface area (Å²) in [6, 6.07) is 12.8. The summed E-state index contributed by atoms with van der Waals surface area (Å²) in [6.45, 7) is 7.20. The summed E-state index contributed by atoms with van der Waals surface area (Å²) in [4.78, 5) is 17.3. The van der Waals surface area contributed by atoms with Crippen molar-refractivity contribution < 1.29 is 4.79 Å². The number of anilines is 2. The number of carbonyl (C=O) groups is 1. The number of benzene rings is 2. The number of nitrogens with zero attached hydrogens (tertiary/aromatic N) is 2. The first-order valence-electron chi connectivity index (χ1n) is 8.41. The molecular weight excluding hydrogens is 357 g/mol. The Labute approximate surface area is 158 Å². The van der Waals surface area contributed by atoms with Crippen LogP contribution in [0, 0.1) is 0 Å². The molecule has 1 saturated heterocycles. The van der Waals surface area contributed by atoms with Crippen LogP contribution in [0.5, 0.6) is 0 Å².